The van der Waals surface area contributed by atoms with Crippen molar-refractivity contribution in [2.75, 3.05) is 26.7 Å². The molecule has 3 rings (SSSR count). The Morgan fingerprint density at radius 3 is 3.00 bits per heavy atom. The summed E-state index contributed by atoms with van der Waals surface area (Å²) < 4.78 is 0. The van der Waals surface area contributed by atoms with Crippen LogP contribution in [0.15, 0.2) is 30.5 Å². The Kier molecular flexibility index (Phi) is 3.49. The van der Waals surface area contributed by atoms with E-state index in [1.165, 1.54) is 0 Å². The number of H-pyrrole nitrogens is 1. The number of rotatable bonds is 2. The Labute approximate surface area is 119 Å². The largest absolute Gasteiger partial charge is 0.361 e. The molecule has 1 saturated heterocycles. The summed E-state index contributed by atoms with van der Waals surface area (Å²) >= 11 is 0. The van der Waals surface area contributed by atoms with E-state index in [1.54, 1.807) is 0 Å². The molecule has 0 aliphatic carbocycles. The number of amides is 1. The molecule has 1 aromatic heterocycles. The predicted molar refractivity (Wildman–Crippen MR) is 80.9 cm³/mol. The minimum atomic E-state index is 0.154. The third kappa shape index (κ3) is 2.20. The lowest BCUT2D eigenvalue weighted by Gasteiger charge is -2.39. The molecule has 2 heterocycles. The number of nitrogens with zero attached hydrogens (tertiary/aromatic N) is 2. The molecule has 1 unspecified atom stereocenters. The molecular formula is C16H21N3O. The highest BCUT2D eigenvalue weighted by Crippen LogP contribution is 2.21. The van der Waals surface area contributed by atoms with Crippen LogP contribution < -0.4 is 0 Å². The lowest BCUT2D eigenvalue weighted by Crippen LogP contribution is -2.53. The third-order valence-corrected chi connectivity index (χ3v) is 4.36. The highest BCUT2D eigenvalue weighted by molar-refractivity contribution is 6.06. The SMILES string of the molecule is CCC1CN(C(=O)c2cccc3[nH]ccc23)CCN1C. The summed E-state index contributed by atoms with van der Waals surface area (Å²) in [7, 11) is 2.14. The van der Waals surface area contributed by atoms with Crippen LogP contribution in [-0.4, -0.2) is 53.4 Å². The maximum atomic E-state index is 12.8. The van der Waals surface area contributed by atoms with Gasteiger partial charge in [0, 0.05) is 48.3 Å². The van der Waals surface area contributed by atoms with Gasteiger partial charge in [-0.2, -0.15) is 0 Å². The van der Waals surface area contributed by atoms with Crippen molar-refractivity contribution in [3.8, 4) is 0 Å². The maximum Gasteiger partial charge on any atom is 0.254 e. The van der Waals surface area contributed by atoms with Crippen molar-refractivity contribution in [2.45, 2.75) is 19.4 Å². The van der Waals surface area contributed by atoms with Crippen LogP contribution in [-0.2, 0) is 0 Å². The monoisotopic (exact) mass is 271 g/mol. The fraction of sp³-hybridized carbons (Fsp3) is 0.438. The lowest BCUT2D eigenvalue weighted by molar-refractivity contribution is 0.0544. The molecular weight excluding hydrogens is 250 g/mol. The van der Waals surface area contributed by atoms with Gasteiger partial charge >= 0.3 is 0 Å². The average molecular weight is 271 g/mol. The number of nitrogens with one attached hydrogen (secondary N) is 1. The number of fused-ring (bicyclic) bond motifs is 1. The predicted octanol–water partition coefficient (Wildman–Crippen LogP) is 2.33. The molecule has 1 fully saturated rings. The van der Waals surface area contributed by atoms with E-state index in [9.17, 15) is 4.79 Å². The topological polar surface area (TPSA) is 39.3 Å². The van der Waals surface area contributed by atoms with Crippen molar-refractivity contribution in [3.63, 3.8) is 0 Å². The summed E-state index contributed by atoms with van der Waals surface area (Å²) in [6.07, 6.45) is 2.97. The van der Waals surface area contributed by atoms with Crippen LogP contribution in [0, 0.1) is 0 Å². The van der Waals surface area contributed by atoms with Crippen molar-refractivity contribution in [2.24, 2.45) is 0 Å². The number of carbonyl (C=O) groups excluding carboxylic acids is 1. The zero-order valence-electron chi connectivity index (χ0n) is 12.1. The normalized spacial score (nSPS) is 20.5. The van der Waals surface area contributed by atoms with Crippen LogP contribution >= 0.6 is 0 Å². The Morgan fingerprint density at radius 2 is 2.20 bits per heavy atom. The van der Waals surface area contributed by atoms with Gasteiger partial charge in [-0.3, -0.25) is 9.69 Å². The molecule has 0 bridgehead atoms. The quantitative estimate of drug-likeness (QED) is 0.910. The van der Waals surface area contributed by atoms with Crippen LogP contribution in [0.25, 0.3) is 10.9 Å². The molecule has 0 spiro atoms. The number of hydrogen-bond acceptors (Lipinski definition) is 2. The van der Waals surface area contributed by atoms with E-state index < -0.39 is 0 Å². The molecule has 2 aromatic rings. The molecule has 1 atom stereocenters. The number of carbonyl (C=O) groups is 1. The Bertz CT molecular complexity index is 619. The van der Waals surface area contributed by atoms with Crippen molar-refractivity contribution >= 4 is 16.8 Å². The first-order valence-electron chi connectivity index (χ1n) is 7.26. The second-order valence-corrected chi connectivity index (χ2v) is 5.54. The highest BCUT2D eigenvalue weighted by atomic mass is 16.2. The van der Waals surface area contributed by atoms with E-state index in [0.717, 1.165) is 42.5 Å². The first-order valence-corrected chi connectivity index (χ1v) is 7.26. The van der Waals surface area contributed by atoms with Gasteiger partial charge in [0.15, 0.2) is 0 Å². The molecule has 1 aliphatic rings. The summed E-state index contributed by atoms with van der Waals surface area (Å²) in [6.45, 7) is 4.77. The van der Waals surface area contributed by atoms with Gasteiger partial charge in [-0.25, -0.2) is 0 Å². The molecule has 1 aromatic carbocycles. The third-order valence-electron chi connectivity index (χ3n) is 4.36. The van der Waals surface area contributed by atoms with Gasteiger partial charge in [-0.1, -0.05) is 13.0 Å². The van der Waals surface area contributed by atoms with E-state index in [4.69, 9.17) is 0 Å². The highest BCUT2D eigenvalue weighted by Gasteiger charge is 2.27. The number of aromatic nitrogens is 1. The first kappa shape index (κ1) is 13.2. The maximum absolute atomic E-state index is 12.8. The average Bonchev–Trinajstić information content (AvgIpc) is 2.95. The molecule has 106 valence electrons. The zero-order valence-corrected chi connectivity index (χ0v) is 12.1. The van der Waals surface area contributed by atoms with Crippen LogP contribution in [0.3, 0.4) is 0 Å². The molecule has 20 heavy (non-hydrogen) atoms. The van der Waals surface area contributed by atoms with Crippen molar-refractivity contribution in [1.29, 1.82) is 0 Å². The molecule has 4 nitrogen and oxygen atoms in total. The van der Waals surface area contributed by atoms with E-state index >= 15 is 0 Å². The van der Waals surface area contributed by atoms with Gasteiger partial charge in [0.25, 0.3) is 5.91 Å². The molecule has 0 saturated carbocycles. The Morgan fingerprint density at radius 1 is 1.35 bits per heavy atom. The van der Waals surface area contributed by atoms with E-state index in [1.807, 2.05) is 35.4 Å². The van der Waals surface area contributed by atoms with E-state index in [0.29, 0.717) is 6.04 Å². The van der Waals surface area contributed by atoms with Gasteiger partial charge < -0.3 is 9.88 Å². The molecule has 4 heteroatoms. The number of likely N-dealkylation sites (N-methyl/N-ethyl adjacent to an activating group) is 1. The summed E-state index contributed by atoms with van der Waals surface area (Å²) in [4.78, 5) is 20.3. The Hall–Kier alpha value is -1.81. The summed E-state index contributed by atoms with van der Waals surface area (Å²) in [6, 6.07) is 8.33. The van der Waals surface area contributed by atoms with Crippen molar-refractivity contribution < 1.29 is 4.79 Å². The van der Waals surface area contributed by atoms with Crippen molar-refractivity contribution in [3.05, 3.63) is 36.0 Å². The van der Waals surface area contributed by atoms with Gasteiger partial charge in [-0.05, 0) is 31.7 Å². The molecule has 1 aliphatic heterocycles. The van der Waals surface area contributed by atoms with Crippen LogP contribution in [0.5, 0.6) is 0 Å². The van der Waals surface area contributed by atoms with Crippen LogP contribution in [0.2, 0.25) is 0 Å². The minimum Gasteiger partial charge on any atom is -0.361 e. The van der Waals surface area contributed by atoms with Gasteiger partial charge in [0.2, 0.25) is 0 Å². The van der Waals surface area contributed by atoms with Gasteiger partial charge in [-0.15, -0.1) is 0 Å². The Balaban J connectivity index is 1.87. The van der Waals surface area contributed by atoms with Gasteiger partial charge in [0.05, 0.1) is 0 Å². The molecule has 1 N–H and O–H groups in total. The van der Waals surface area contributed by atoms with E-state index in [2.05, 4.69) is 23.9 Å². The van der Waals surface area contributed by atoms with Crippen LogP contribution in [0.4, 0.5) is 0 Å². The number of piperazine rings is 1. The second-order valence-electron chi connectivity index (χ2n) is 5.54. The fourth-order valence-corrected chi connectivity index (χ4v) is 3.01. The number of benzene rings is 1. The summed E-state index contributed by atoms with van der Waals surface area (Å²) in [5.41, 5.74) is 1.83. The fourth-order valence-electron chi connectivity index (χ4n) is 3.01. The standard InChI is InChI=1S/C16H21N3O/c1-3-12-11-19(10-9-18(12)2)16(20)14-5-4-6-15-13(14)7-8-17-15/h4-8,12,17H,3,9-11H2,1-2H3. The smallest absolute Gasteiger partial charge is 0.254 e. The number of aromatic amines is 1. The van der Waals surface area contributed by atoms with Crippen LogP contribution in [0.1, 0.15) is 23.7 Å². The molecule has 1 amide bonds. The zero-order chi connectivity index (χ0) is 14.1. The first-order chi connectivity index (χ1) is 9.70. The number of hydrogen-bond donors (Lipinski definition) is 1. The molecule has 0 radical (unpaired) electrons. The minimum absolute atomic E-state index is 0.154. The summed E-state index contributed by atoms with van der Waals surface area (Å²) in [5.74, 6) is 0.154. The lowest BCUT2D eigenvalue weighted by atomic mass is 10.1. The van der Waals surface area contributed by atoms with Crippen molar-refractivity contribution in [1.82, 2.24) is 14.8 Å². The second kappa shape index (κ2) is 5.29. The summed E-state index contributed by atoms with van der Waals surface area (Å²) in [5, 5.41) is 1.02. The van der Waals surface area contributed by atoms with Gasteiger partial charge in [0.1, 0.15) is 0 Å². The van der Waals surface area contributed by atoms with E-state index in [-0.39, 0.29) is 5.91 Å².